The number of sulfone groups is 1. The molecule has 4 nitrogen and oxygen atoms in total. The van der Waals surface area contributed by atoms with Crippen molar-refractivity contribution in [2.45, 2.75) is 48.3 Å². The zero-order valence-corrected chi connectivity index (χ0v) is 17.8. The highest BCUT2D eigenvalue weighted by atomic mass is 79.9. The summed E-state index contributed by atoms with van der Waals surface area (Å²) in [5, 5.41) is 0. The van der Waals surface area contributed by atoms with E-state index in [1.54, 1.807) is 41.5 Å². The molecule has 0 fully saturated rings. The van der Waals surface area contributed by atoms with Gasteiger partial charge >= 0.3 is 0 Å². The molecule has 1 unspecified atom stereocenters. The molecule has 1 atom stereocenters. The minimum Gasteiger partial charge on any atom is -0.297 e. The van der Waals surface area contributed by atoms with Gasteiger partial charge in [0.15, 0.2) is 15.7 Å². The van der Waals surface area contributed by atoms with Crippen LogP contribution in [0.1, 0.15) is 41.5 Å². The van der Waals surface area contributed by atoms with Crippen molar-refractivity contribution >= 4 is 69.2 Å². The molecule has 0 N–H and O–H groups in total. The maximum absolute atomic E-state index is 12.5. The molecule has 0 aromatic carbocycles. The van der Waals surface area contributed by atoms with E-state index in [0.29, 0.717) is 0 Å². The minimum absolute atomic E-state index is 0.512. The Balaban J connectivity index is 5.78. The molecule has 0 heterocycles. The second kappa shape index (κ2) is 6.08. The van der Waals surface area contributed by atoms with E-state index in [-0.39, 0.29) is 0 Å². The molecule has 0 bridgehead atoms. The van der Waals surface area contributed by atoms with Crippen LogP contribution in [-0.2, 0) is 19.4 Å². The molecule has 0 saturated carbocycles. The third-order valence-corrected chi connectivity index (χ3v) is 9.50. The highest BCUT2D eigenvalue weighted by Gasteiger charge is 2.55. The normalized spacial score (nSPS) is 15.8. The number of rotatable bonds is 4. The predicted molar refractivity (Wildman–Crippen MR) is 91.1 cm³/mol. The number of halogens is 3. The number of alkyl halides is 3. The lowest BCUT2D eigenvalue weighted by atomic mass is 9.92. The molecule has 0 radical (unpaired) electrons. The summed E-state index contributed by atoms with van der Waals surface area (Å²) in [7, 11) is -4.15. The van der Waals surface area contributed by atoms with Gasteiger partial charge in [-0.1, -0.05) is 57.5 Å². The van der Waals surface area contributed by atoms with Gasteiger partial charge in [-0.2, -0.15) is 0 Å². The molecule has 0 aromatic rings. The zero-order valence-electron chi connectivity index (χ0n) is 12.3. The molecular weight excluding hydrogens is 480 g/mol. The van der Waals surface area contributed by atoms with E-state index in [1.807, 2.05) is 0 Å². The van der Waals surface area contributed by atoms with E-state index in [0.717, 1.165) is 0 Å². The van der Waals surface area contributed by atoms with Crippen LogP contribution in [0.15, 0.2) is 0 Å². The van der Waals surface area contributed by atoms with Crippen molar-refractivity contribution in [3.8, 4) is 0 Å². The number of hydrogen-bond acceptors (Lipinski definition) is 4. The largest absolute Gasteiger partial charge is 0.297 e. The monoisotopic (exact) mass is 496 g/mol. The highest BCUT2D eigenvalue weighted by Crippen LogP contribution is 2.44. The molecule has 0 amide bonds. The Morgan fingerprint density at radius 1 is 0.900 bits per heavy atom. The molecule has 0 saturated heterocycles. The Kier molecular flexibility index (Phi) is 6.31. The second-order valence-electron chi connectivity index (χ2n) is 6.57. The second-order valence-corrected chi connectivity index (χ2v) is 14.8. The Hall–Kier alpha value is 0.730. The molecule has 0 aromatic heterocycles. The van der Waals surface area contributed by atoms with Gasteiger partial charge in [0.1, 0.15) is 0 Å². The number of carbonyl (C=O) groups excluding carboxylic acids is 2. The fourth-order valence-corrected chi connectivity index (χ4v) is 7.98. The molecular formula is C12H19Br3O4S. The van der Waals surface area contributed by atoms with E-state index in [2.05, 4.69) is 47.8 Å². The van der Waals surface area contributed by atoms with E-state index >= 15 is 0 Å². The maximum atomic E-state index is 12.5. The summed E-state index contributed by atoms with van der Waals surface area (Å²) in [5.41, 5.74) is -1.74. The summed E-state index contributed by atoms with van der Waals surface area (Å²) in [5.74, 6) is -1.08. The summed E-state index contributed by atoms with van der Waals surface area (Å²) in [6.45, 7) is 9.68. The minimum atomic E-state index is -4.15. The summed E-state index contributed by atoms with van der Waals surface area (Å²) in [4.78, 5) is 24.5. The number of carbonyl (C=O) groups is 2. The lowest BCUT2D eigenvalue weighted by Gasteiger charge is -2.30. The van der Waals surface area contributed by atoms with Crippen LogP contribution < -0.4 is 0 Å². The standard InChI is InChI=1S/C12H19Br3O4S/c1-10(2,3)7(16)8(13)20(18,19)12(14,15)9(17)11(4,5)6/h8H,1-6H3. The first-order chi connectivity index (χ1) is 8.47. The first-order valence-electron chi connectivity index (χ1n) is 5.82. The van der Waals surface area contributed by atoms with Gasteiger partial charge < -0.3 is 0 Å². The van der Waals surface area contributed by atoms with Crippen molar-refractivity contribution in [1.29, 1.82) is 0 Å². The van der Waals surface area contributed by atoms with Crippen molar-refractivity contribution in [3.05, 3.63) is 0 Å². The SMILES string of the molecule is CC(C)(C)C(=O)C(Br)S(=O)(=O)C(Br)(Br)C(=O)C(C)(C)C. The molecule has 0 aliphatic heterocycles. The van der Waals surface area contributed by atoms with Gasteiger partial charge in [-0.3, -0.25) is 9.59 Å². The van der Waals surface area contributed by atoms with Crippen LogP contribution in [0.2, 0.25) is 0 Å². The van der Waals surface area contributed by atoms with Crippen LogP contribution >= 0.6 is 47.8 Å². The summed E-state index contributed by atoms with van der Waals surface area (Å²) in [6.07, 6.45) is 0. The quantitative estimate of drug-likeness (QED) is 0.553. The summed E-state index contributed by atoms with van der Waals surface area (Å²) in [6, 6.07) is 0. The van der Waals surface area contributed by atoms with Gasteiger partial charge in [-0.15, -0.1) is 0 Å². The molecule has 0 aliphatic rings. The lowest BCUT2D eigenvalue weighted by Crippen LogP contribution is -2.48. The molecule has 0 rings (SSSR count). The van der Waals surface area contributed by atoms with Crippen molar-refractivity contribution < 1.29 is 18.0 Å². The van der Waals surface area contributed by atoms with Gasteiger partial charge in [0.25, 0.3) is 0 Å². The van der Waals surface area contributed by atoms with Crippen LogP contribution in [0.5, 0.6) is 0 Å². The molecule has 20 heavy (non-hydrogen) atoms. The number of Topliss-reactive ketones (excluding diaryl/α,β-unsaturated/α-hetero) is 2. The van der Waals surface area contributed by atoms with Gasteiger partial charge in [0.2, 0.25) is 12.4 Å². The first-order valence-corrected chi connectivity index (χ1v) is 9.86. The average molecular weight is 499 g/mol. The van der Waals surface area contributed by atoms with Crippen molar-refractivity contribution in [3.63, 3.8) is 0 Å². The summed E-state index contributed by atoms with van der Waals surface area (Å²) < 4.78 is 21.6. The van der Waals surface area contributed by atoms with Gasteiger partial charge in [-0.05, 0) is 31.9 Å². The molecule has 8 heteroatoms. The van der Waals surface area contributed by atoms with Crippen LogP contribution in [0, 0.1) is 10.8 Å². The molecule has 0 aliphatic carbocycles. The van der Waals surface area contributed by atoms with Crippen LogP contribution in [-0.4, -0.2) is 26.7 Å². The fraction of sp³-hybridized carbons (Fsp3) is 0.833. The first kappa shape index (κ1) is 20.7. The van der Waals surface area contributed by atoms with E-state index in [9.17, 15) is 18.0 Å². The maximum Gasteiger partial charge on any atom is 0.240 e. The van der Waals surface area contributed by atoms with Crippen molar-refractivity contribution in [2.24, 2.45) is 10.8 Å². The Morgan fingerprint density at radius 3 is 1.50 bits per heavy atom. The Bertz CT molecular complexity index is 510. The molecule has 0 spiro atoms. The van der Waals surface area contributed by atoms with Crippen LogP contribution in [0.4, 0.5) is 0 Å². The lowest BCUT2D eigenvalue weighted by molar-refractivity contribution is -0.124. The van der Waals surface area contributed by atoms with E-state index in [1.165, 1.54) is 0 Å². The Labute approximate surface area is 145 Å². The van der Waals surface area contributed by atoms with E-state index in [4.69, 9.17) is 0 Å². The van der Waals surface area contributed by atoms with Crippen molar-refractivity contribution in [1.82, 2.24) is 0 Å². The average Bonchev–Trinajstić information content (AvgIpc) is 2.22. The van der Waals surface area contributed by atoms with Crippen LogP contribution in [0.3, 0.4) is 0 Å². The van der Waals surface area contributed by atoms with Crippen molar-refractivity contribution in [2.75, 3.05) is 0 Å². The third-order valence-electron chi connectivity index (χ3n) is 2.52. The van der Waals surface area contributed by atoms with Gasteiger partial charge in [0, 0.05) is 10.8 Å². The smallest absolute Gasteiger partial charge is 0.240 e. The molecule has 118 valence electrons. The van der Waals surface area contributed by atoms with E-state index < -0.39 is 39.0 Å². The predicted octanol–water partition coefficient (Wildman–Crippen LogP) is 3.80. The third kappa shape index (κ3) is 4.14. The topological polar surface area (TPSA) is 68.3 Å². The number of ketones is 2. The number of hydrogen-bond donors (Lipinski definition) is 0. The van der Waals surface area contributed by atoms with Gasteiger partial charge in [-0.25, -0.2) is 8.42 Å². The highest BCUT2D eigenvalue weighted by molar-refractivity contribution is 9.28. The van der Waals surface area contributed by atoms with Crippen LogP contribution in [0.25, 0.3) is 0 Å². The summed E-state index contributed by atoms with van der Waals surface area (Å²) >= 11 is 8.80. The Morgan fingerprint density at radius 2 is 1.25 bits per heavy atom. The fourth-order valence-electron chi connectivity index (χ4n) is 1.18. The zero-order chi connectivity index (χ0) is 16.7. The van der Waals surface area contributed by atoms with Gasteiger partial charge in [0.05, 0.1) is 0 Å².